The second-order valence-electron chi connectivity index (χ2n) is 5.33. The van der Waals surface area contributed by atoms with E-state index in [2.05, 4.69) is 6.58 Å². The van der Waals surface area contributed by atoms with Gasteiger partial charge in [0.25, 0.3) is 0 Å². The fourth-order valence-electron chi connectivity index (χ4n) is 1.95. The summed E-state index contributed by atoms with van der Waals surface area (Å²) >= 11 is 0. The summed E-state index contributed by atoms with van der Waals surface area (Å²) in [5, 5.41) is 0. The lowest BCUT2D eigenvalue weighted by molar-refractivity contribution is 0.299. The van der Waals surface area contributed by atoms with Crippen LogP contribution in [0.1, 0.15) is 32.1 Å². The van der Waals surface area contributed by atoms with Crippen LogP contribution in [0.2, 0.25) is 0 Å². The quantitative estimate of drug-likeness (QED) is 0.516. The number of sulfone groups is 1. The molecule has 1 aliphatic carbocycles. The molecule has 0 aromatic heterocycles. The van der Waals surface area contributed by atoms with Gasteiger partial charge in [0, 0.05) is 0 Å². The van der Waals surface area contributed by atoms with Crippen LogP contribution in [0.5, 0.6) is 5.75 Å². The molecule has 0 bridgehead atoms. The van der Waals surface area contributed by atoms with Gasteiger partial charge in [-0.2, -0.15) is 0 Å². The number of hydrogen-bond donors (Lipinski definition) is 0. The Morgan fingerprint density at radius 1 is 1.30 bits per heavy atom. The van der Waals surface area contributed by atoms with E-state index in [1.54, 1.807) is 18.2 Å². The van der Waals surface area contributed by atoms with Gasteiger partial charge in [0.05, 0.1) is 17.3 Å². The first-order valence-electron chi connectivity index (χ1n) is 7.18. The molecule has 0 N–H and O–H groups in total. The Labute approximate surface area is 121 Å². The van der Waals surface area contributed by atoms with Gasteiger partial charge in [-0.05, 0) is 56.2 Å². The van der Waals surface area contributed by atoms with Gasteiger partial charge in [0.1, 0.15) is 5.75 Å². The van der Waals surface area contributed by atoms with E-state index in [9.17, 15) is 8.42 Å². The van der Waals surface area contributed by atoms with E-state index in [0.29, 0.717) is 29.6 Å². The number of unbranched alkanes of at least 4 members (excludes halogenated alkanes) is 2. The van der Waals surface area contributed by atoms with E-state index in [4.69, 9.17) is 4.74 Å². The molecule has 1 aliphatic rings. The number of rotatable bonds is 9. The van der Waals surface area contributed by atoms with E-state index >= 15 is 0 Å². The largest absolute Gasteiger partial charge is 0.493 e. The van der Waals surface area contributed by atoms with Crippen LogP contribution in [-0.2, 0) is 9.84 Å². The van der Waals surface area contributed by atoms with Gasteiger partial charge in [-0.3, -0.25) is 0 Å². The van der Waals surface area contributed by atoms with Crippen LogP contribution in [0.4, 0.5) is 0 Å². The second kappa shape index (κ2) is 6.93. The van der Waals surface area contributed by atoms with Crippen LogP contribution >= 0.6 is 0 Å². The standard InChI is InChI=1S/C16H22O3S/c1-2-3-4-5-11-20(17,18)16-8-6-7-15(12-16)19-13-14-9-10-14/h2,6-8,12,14H,1,3-5,9-11,13H2. The zero-order valence-electron chi connectivity index (χ0n) is 11.8. The summed E-state index contributed by atoms with van der Waals surface area (Å²) in [6.07, 6.45) is 6.66. The van der Waals surface area contributed by atoms with E-state index < -0.39 is 9.84 Å². The third-order valence-corrected chi connectivity index (χ3v) is 5.22. The molecule has 4 heteroatoms. The molecule has 1 saturated carbocycles. The van der Waals surface area contributed by atoms with Crippen molar-refractivity contribution in [3.8, 4) is 5.75 Å². The lowest BCUT2D eigenvalue weighted by atomic mass is 10.2. The third kappa shape index (κ3) is 4.67. The Hall–Kier alpha value is -1.29. The molecule has 20 heavy (non-hydrogen) atoms. The molecule has 2 rings (SSSR count). The molecule has 3 nitrogen and oxygen atoms in total. The maximum Gasteiger partial charge on any atom is 0.178 e. The highest BCUT2D eigenvalue weighted by atomic mass is 32.2. The molecule has 0 aliphatic heterocycles. The zero-order valence-corrected chi connectivity index (χ0v) is 12.6. The summed E-state index contributed by atoms with van der Waals surface area (Å²) in [4.78, 5) is 0.365. The number of allylic oxidation sites excluding steroid dienone is 1. The molecule has 0 radical (unpaired) electrons. The minimum Gasteiger partial charge on any atom is -0.493 e. The monoisotopic (exact) mass is 294 g/mol. The number of ether oxygens (including phenoxy) is 1. The molecule has 0 heterocycles. The lowest BCUT2D eigenvalue weighted by Crippen LogP contribution is -2.07. The summed E-state index contributed by atoms with van der Waals surface area (Å²) in [5.74, 6) is 1.51. The lowest BCUT2D eigenvalue weighted by Gasteiger charge is -2.08. The van der Waals surface area contributed by atoms with Crippen molar-refractivity contribution in [3.05, 3.63) is 36.9 Å². The third-order valence-electron chi connectivity index (χ3n) is 3.42. The molecular formula is C16H22O3S. The van der Waals surface area contributed by atoms with Gasteiger partial charge < -0.3 is 4.74 Å². The topological polar surface area (TPSA) is 43.4 Å². The van der Waals surface area contributed by atoms with E-state index in [-0.39, 0.29) is 5.75 Å². The van der Waals surface area contributed by atoms with Gasteiger partial charge in [0.2, 0.25) is 0 Å². The minimum absolute atomic E-state index is 0.187. The van der Waals surface area contributed by atoms with E-state index in [1.807, 2.05) is 12.1 Å². The van der Waals surface area contributed by atoms with Gasteiger partial charge in [-0.25, -0.2) is 8.42 Å². The van der Waals surface area contributed by atoms with Crippen LogP contribution in [0, 0.1) is 5.92 Å². The van der Waals surface area contributed by atoms with Crippen molar-refractivity contribution < 1.29 is 13.2 Å². The van der Waals surface area contributed by atoms with Crippen LogP contribution in [0.25, 0.3) is 0 Å². The molecule has 0 saturated heterocycles. The van der Waals surface area contributed by atoms with Crippen molar-refractivity contribution in [2.45, 2.75) is 37.0 Å². The summed E-state index contributed by atoms with van der Waals surface area (Å²) in [7, 11) is -3.20. The Morgan fingerprint density at radius 3 is 2.80 bits per heavy atom. The van der Waals surface area contributed by atoms with Crippen LogP contribution in [-0.4, -0.2) is 20.8 Å². The van der Waals surface area contributed by atoms with Gasteiger partial charge in [-0.15, -0.1) is 6.58 Å². The highest BCUT2D eigenvalue weighted by Crippen LogP contribution is 2.30. The van der Waals surface area contributed by atoms with Gasteiger partial charge in [-0.1, -0.05) is 12.1 Å². The van der Waals surface area contributed by atoms with Crippen molar-refractivity contribution in [2.24, 2.45) is 5.92 Å². The number of hydrogen-bond acceptors (Lipinski definition) is 3. The summed E-state index contributed by atoms with van der Waals surface area (Å²) in [6.45, 7) is 4.34. The molecule has 0 atom stereocenters. The number of benzene rings is 1. The Morgan fingerprint density at radius 2 is 2.10 bits per heavy atom. The van der Waals surface area contributed by atoms with Crippen molar-refractivity contribution in [2.75, 3.05) is 12.4 Å². The average molecular weight is 294 g/mol. The average Bonchev–Trinajstić information content (AvgIpc) is 3.26. The molecule has 0 spiro atoms. The summed E-state index contributed by atoms with van der Waals surface area (Å²) < 4.78 is 30.1. The van der Waals surface area contributed by atoms with Crippen molar-refractivity contribution in [1.29, 1.82) is 0 Å². The van der Waals surface area contributed by atoms with Crippen molar-refractivity contribution in [1.82, 2.24) is 0 Å². The van der Waals surface area contributed by atoms with Crippen LogP contribution in [0.15, 0.2) is 41.8 Å². The fraction of sp³-hybridized carbons (Fsp3) is 0.500. The highest BCUT2D eigenvalue weighted by molar-refractivity contribution is 7.91. The van der Waals surface area contributed by atoms with E-state index in [1.165, 1.54) is 12.8 Å². The first kappa shape index (κ1) is 15.1. The molecule has 1 aromatic carbocycles. The smallest absolute Gasteiger partial charge is 0.178 e. The van der Waals surface area contributed by atoms with Gasteiger partial charge >= 0.3 is 0 Å². The Balaban J connectivity index is 1.94. The summed E-state index contributed by atoms with van der Waals surface area (Å²) in [5.41, 5.74) is 0. The second-order valence-corrected chi connectivity index (χ2v) is 7.44. The molecule has 0 amide bonds. The predicted octanol–water partition coefficient (Wildman–Crippen LogP) is 3.61. The first-order chi connectivity index (χ1) is 9.62. The maximum absolute atomic E-state index is 12.2. The molecule has 110 valence electrons. The predicted molar refractivity (Wildman–Crippen MR) is 80.8 cm³/mol. The molecular weight excluding hydrogens is 272 g/mol. The fourth-order valence-corrected chi connectivity index (χ4v) is 3.36. The molecule has 1 aromatic rings. The molecule has 1 fully saturated rings. The minimum atomic E-state index is -3.20. The Kier molecular flexibility index (Phi) is 5.24. The molecule has 0 unspecified atom stereocenters. The van der Waals surface area contributed by atoms with E-state index in [0.717, 1.165) is 12.8 Å². The first-order valence-corrected chi connectivity index (χ1v) is 8.83. The maximum atomic E-state index is 12.2. The highest BCUT2D eigenvalue weighted by Gasteiger charge is 2.22. The van der Waals surface area contributed by atoms with Crippen LogP contribution in [0.3, 0.4) is 0 Å². The van der Waals surface area contributed by atoms with Crippen LogP contribution < -0.4 is 4.74 Å². The Bertz CT molecular complexity index is 545. The normalized spacial score (nSPS) is 15.0. The summed E-state index contributed by atoms with van der Waals surface area (Å²) in [6, 6.07) is 6.86. The SMILES string of the molecule is C=CCCCCS(=O)(=O)c1cccc(OCC2CC2)c1. The zero-order chi connectivity index (χ0) is 14.4. The van der Waals surface area contributed by atoms with Crippen molar-refractivity contribution >= 4 is 9.84 Å². The van der Waals surface area contributed by atoms with Crippen molar-refractivity contribution in [3.63, 3.8) is 0 Å². The van der Waals surface area contributed by atoms with Gasteiger partial charge in [0.15, 0.2) is 9.84 Å².